The molecule has 2 N–H and O–H groups in total. The second-order valence-electron chi connectivity index (χ2n) is 10.9. The summed E-state index contributed by atoms with van der Waals surface area (Å²) in [7, 11) is 0. The molecule has 0 aromatic heterocycles. The minimum Gasteiger partial charge on any atom is -0.450 e. The van der Waals surface area contributed by atoms with E-state index in [0.29, 0.717) is 25.5 Å². The molecule has 0 unspecified atom stereocenters. The van der Waals surface area contributed by atoms with Crippen LogP contribution in [0, 0.1) is 0 Å². The topological polar surface area (TPSA) is 95.1 Å². The van der Waals surface area contributed by atoms with Gasteiger partial charge in [0.2, 0.25) is 18.2 Å². The molecule has 0 saturated carbocycles. The molecule has 0 aromatic carbocycles. The number of hydrogen-bond donors (Lipinski definition) is 3. The molecule has 8 nitrogen and oxygen atoms in total. The van der Waals surface area contributed by atoms with E-state index < -0.39 is 4.75 Å². The van der Waals surface area contributed by atoms with Crippen molar-refractivity contribution < 1.29 is 26.6 Å². The van der Waals surface area contributed by atoms with Gasteiger partial charge in [-0.3, -0.25) is 4.79 Å². The van der Waals surface area contributed by atoms with Crippen molar-refractivity contribution in [1.82, 2.24) is 10.6 Å². The average Bonchev–Trinajstić information content (AvgIpc) is 2.82. The summed E-state index contributed by atoms with van der Waals surface area (Å²) < 4.78 is 18.1. The summed E-state index contributed by atoms with van der Waals surface area (Å²) in [6, 6.07) is 0. The first-order chi connectivity index (χ1) is 17.6. The van der Waals surface area contributed by atoms with Crippen molar-refractivity contribution in [2.45, 2.75) is 141 Å². The third-order valence-corrected chi connectivity index (χ3v) is 7.09. The van der Waals surface area contributed by atoms with Gasteiger partial charge in [0.05, 0.1) is 6.61 Å². The van der Waals surface area contributed by atoms with Crippen LogP contribution in [-0.4, -0.2) is 35.4 Å². The number of hydrogen-bond acceptors (Lipinski definition) is 9. The van der Waals surface area contributed by atoms with E-state index in [1.165, 1.54) is 70.6 Å². The molecule has 0 aliphatic carbocycles. The van der Waals surface area contributed by atoms with Crippen LogP contribution in [0.3, 0.4) is 0 Å². The Balaban J connectivity index is 3.34. The predicted molar refractivity (Wildman–Crippen MR) is 158 cm³/mol. The minimum atomic E-state index is -0.714. The smallest absolute Gasteiger partial charge is 0.407 e. The normalized spacial score (nSPS) is 11.9. The standard InChI is InChI=1S/C26H52N2O6S3/c1-25(2,3)28-24(30)31-22-20-18-16-14-12-10-8-6-7-9-11-13-15-17-19-21-27-23(29)26(4,5)36-34-37-33-32-35/h35H,6-22H2,1-5H3,(H,27,29)(H,28,30). The van der Waals surface area contributed by atoms with Gasteiger partial charge in [0, 0.05) is 37.0 Å². The Kier molecular flexibility index (Phi) is 23.3. The highest BCUT2D eigenvalue weighted by Gasteiger charge is 2.29. The fourth-order valence-electron chi connectivity index (χ4n) is 3.61. The van der Waals surface area contributed by atoms with Crippen molar-refractivity contribution >= 4 is 49.3 Å². The summed E-state index contributed by atoms with van der Waals surface area (Å²) in [5, 5.41) is 5.78. The molecule has 220 valence electrons. The number of carbonyl (C=O) groups is 2. The zero-order valence-corrected chi connectivity index (χ0v) is 26.3. The van der Waals surface area contributed by atoms with Gasteiger partial charge in [-0.2, -0.15) is 4.33 Å². The van der Waals surface area contributed by atoms with E-state index in [-0.39, 0.29) is 17.5 Å². The van der Waals surface area contributed by atoms with Crippen LogP contribution in [0.2, 0.25) is 0 Å². The Hall–Kier alpha value is -0.330. The molecule has 0 rings (SSSR count). The first-order valence-corrected chi connectivity index (χ1v) is 15.6. The number of rotatable bonds is 24. The van der Waals surface area contributed by atoms with Gasteiger partial charge < -0.3 is 15.4 Å². The maximum atomic E-state index is 12.2. The van der Waals surface area contributed by atoms with Gasteiger partial charge >= 0.3 is 6.09 Å². The van der Waals surface area contributed by atoms with Crippen LogP contribution in [0.1, 0.15) is 131 Å². The summed E-state index contributed by atoms with van der Waals surface area (Å²) in [4.78, 5) is 23.8. The summed E-state index contributed by atoms with van der Waals surface area (Å²) in [6.45, 7) is 10.6. The lowest BCUT2D eigenvalue weighted by molar-refractivity contribution is -0.122. The molecule has 0 atom stereocenters. The van der Waals surface area contributed by atoms with Gasteiger partial charge in [0.1, 0.15) is 4.75 Å². The maximum Gasteiger partial charge on any atom is 0.407 e. The lowest BCUT2D eigenvalue weighted by Crippen LogP contribution is -2.41. The maximum absolute atomic E-state index is 12.2. The molecule has 0 spiro atoms. The molecule has 0 radical (unpaired) electrons. The number of ether oxygens (including phenoxy) is 1. The van der Waals surface area contributed by atoms with Gasteiger partial charge in [-0.25, -0.2) is 8.42 Å². The van der Waals surface area contributed by atoms with Crippen LogP contribution in [0.25, 0.3) is 0 Å². The van der Waals surface area contributed by atoms with E-state index >= 15 is 0 Å². The van der Waals surface area contributed by atoms with E-state index in [0.717, 1.165) is 37.7 Å². The summed E-state index contributed by atoms with van der Waals surface area (Å²) in [6.07, 6.45) is 18.2. The first-order valence-electron chi connectivity index (χ1n) is 13.8. The van der Waals surface area contributed by atoms with Crippen molar-refractivity contribution in [3.8, 4) is 0 Å². The third-order valence-electron chi connectivity index (χ3n) is 5.69. The van der Waals surface area contributed by atoms with Crippen molar-refractivity contribution in [3.63, 3.8) is 0 Å². The third kappa shape index (κ3) is 25.7. The quantitative estimate of drug-likeness (QED) is 0.0343. The molecule has 0 fully saturated rings. The molecule has 0 heterocycles. The summed E-state index contributed by atoms with van der Waals surface area (Å²) >= 11 is 5.06. The molecule has 0 aliphatic rings. The van der Waals surface area contributed by atoms with Gasteiger partial charge in [-0.15, -0.1) is 4.33 Å². The van der Waals surface area contributed by atoms with Crippen LogP contribution >= 0.6 is 37.3 Å². The Morgan fingerprint density at radius 1 is 0.730 bits per heavy atom. The first kappa shape index (κ1) is 36.7. The molecular formula is C26H52N2O6S3. The highest BCUT2D eigenvalue weighted by molar-refractivity contribution is 8.07. The van der Waals surface area contributed by atoms with Crippen molar-refractivity contribution in [2.75, 3.05) is 13.2 Å². The van der Waals surface area contributed by atoms with E-state index in [2.05, 4.69) is 32.2 Å². The van der Waals surface area contributed by atoms with Gasteiger partial charge in [-0.1, -0.05) is 83.5 Å². The molecule has 0 aromatic rings. The van der Waals surface area contributed by atoms with E-state index in [4.69, 9.17) is 8.37 Å². The minimum absolute atomic E-state index is 0.0583. The van der Waals surface area contributed by atoms with E-state index in [1.54, 1.807) is 13.8 Å². The molecule has 2 amide bonds. The number of amides is 2. The SMILES string of the molecule is CC(C)(C)NC(=O)OCCCCCCCCCCCCCCCCCNC(=O)C(C)(C)SOSOOS. The lowest BCUT2D eigenvalue weighted by Gasteiger charge is -2.20. The zero-order valence-electron chi connectivity index (χ0n) is 23.7. The van der Waals surface area contributed by atoms with E-state index in [1.807, 2.05) is 20.8 Å². The Morgan fingerprint density at radius 2 is 1.19 bits per heavy atom. The number of carbonyl (C=O) groups excluding carboxylic acids is 2. The fraction of sp³-hybridized carbons (Fsp3) is 0.923. The van der Waals surface area contributed by atoms with Crippen LogP contribution in [0.4, 0.5) is 4.79 Å². The molecule has 0 aliphatic heterocycles. The number of nitrogens with one attached hydrogen (secondary N) is 2. The zero-order chi connectivity index (χ0) is 27.8. The second-order valence-corrected chi connectivity index (χ2v) is 13.1. The predicted octanol–water partition coefficient (Wildman–Crippen LogP) is 8.28. The average molecular weight is 585 g/mol. The number of thiol groups is 1. The van der Waals surface area contributed by atoms with E-state index in [9.17, 15) is 9.59 Å². The van der Waals surface area contributed by atoms with Gasteiger partial charge in [0.15, 0.2) is 0 Å². The van der Waals surface area contributed by atoms with Crippen LogP contribution in [-0.2, 0) is 21.8 Å². The van der Waals surface area contributed by atoms with Crippen LogP contribution in [0.5, 0.6) is 0 Å². The Morgan fingerprint density at radius 3 is 1.65 bits per heavy atom. The van der Waals surface area contributed by atoms with Gasteiger partial charge in [-0.05, 0) is 47.5 Å². The van der Waals surface area contributed by atoms with Crippen molar-refractivity contribution in [3.05, 3.63) is 0 Å². The monoisotopic (exact) mass is 584 g/mol. The summed E-state index contributed by atoms with van der Waals surface area (Å²) in [5.41, 5.74) is -0.244. The number of alkyl carbamates (subject to hydrolysis) is 1. The molecule has 11 heteroatoms. The Labute approximate surface area is 240 Å². The molecule has 37 heavy (non-hydrogen) atoms. The van der Waals surface area contributed by atoms with Crippen molar-refractivity contribution in [2.24, 2.45) is 0 Å². The van der Waals surface area contributed by atoms with Crippen molar-refractivity contribution in [1.29, 1.82) is 0 Å². The fourth-order valence-corrected chi connectivity index (χ4v) is 4.74. The highest BCUT2D eigenvalue weighted by atomic mass is 32.2. The largest absolute Gasteiger partial charge is 0.450 e. The number of unbranched alkanes of at least 4 members (excludes halogenated alkanes) is 14. The lowest BCUT2D eigenvalue weighted by atomic mass is 10.0. The van der Waals surface area contributed by atoms with Crippen LogP contribution < -0.4 is 10.6 Å². The summed E-state index contributed by atoms with van der Waals surface area (Å²) in [5.74, 6) is -0.0583. The second kappa shape index (κ2) is 23.5. The Bertz CT molecular complexity index is 577. The molecule has 0 saturated heterocycles. The molecular weight excluding hydrogens is 532 g/mol. The molecule has 0 bridgehead atoms. The highest BCUT2D eigenvalue weighted by Crippen LogP contribution is 2.30. The van der Waals surface area contributed by atoms with Crippen LogP contribution in [0.15, 0.2) is 0 Å². The van der Waals surface area contributed by atoms with Gasteiger partial charge in [0.25, 0.3) is 0 Å².